The monoisotopic (exact) mass is 658 g/mol. The van der Waals surface area contributed by atoms with Crippen LogP contribution < -0.4 is 0 Å². The fourth-order valence-electron chi connectivity index (χ4n) is 7.62. The van der Waals surface area contributed by atoms with Crippen molar-refractivity contribution >= 4 is 42.4 Å². The highest BCUT2D eigenvalue weighted by atomic mass is 32.1. The average Bonchev–Trinajstić information content (AvgIpc) is 3.67. The first-order valence-corrected chi connectivity index (χ1v) is 17.7. The standard InChI is InChI=1S/C45H30N4S/c1-45(2)35-20-9-6-17-31(35)32-24-23-30(26-36(32)45)44-48-42(27-13-4-3-5-14-27)47-43(49-44)29-16-12-15-28(25-29)40-39-34-19-8-11-22-38(34)50-41(39)33-18-7-10-21-37(33)46-40/h3-26H,1-2H3. The number of hydrogen-bond acceptors (Lipinski definition) is 5. The fourth-order valence-corrected chi connectivity index (χ4v) is 8.86. The first-order chi connectivity index (χ1) is 24.5. The highest BCUT2D eigenvalue weighted by Gasteiger charge is 2.35. The summed E-state index contributed by atoms with van der Waals surface area (Å²) in [6, 6.07) is 51.1. The van der Waals surface area contributed by atoms with Crippen LogP contribution in [0.5, 0.6) is 0 Å². The van der Waals surface area contributed by atoms with E-state index in [0.717, 1.165) is 33.5 Å². The summed E-state index contributed by atoms with van der Waals surface area (Å²) >= 11 is 1.83. The van der Waals surface area contributed by atoms with Crippen molar-refractivity contribution in [3.63, 3.8) is 0 Å². The van der Waals surface area contributed by atoms with Gasteiger partial charge in [0.15, 0.2) is 17.5 Å². The van der Waals surface area contributed by atoms with Crippen molar-refractivity contribution in [2.45, 2.75) is 19.3 Å². The Morgan fingerprint density at radius 1 is 0.460 bits per heavy atom. The molecule has 3 aromatic heterocycles. The molecule has 0 bridgehead atoms. The molecule has 1 aliphatic rings. The lowest BCUT2D eigenvalue weighted by Crippen LogP contribution is -2.15. The van der Waals surface area contributed by atoms with E-state index in [1.807, 2.05) is 29.5 Å². The Morgan fingerprint density at radius 2 is 1.08 bits per heavy atom. The molecule has 0 spiro atoms. The smallest absolute Gasteiger partial charge is 0.164 e. The number of nitrogens with zero attached hydrogens (tertiary/aromatic N) is 4. The molecule has 0 saturated carbocycles. The first-order valence-electron chi connectivity index (χ1n) is 16.9. The quantitative estimate of drug-likeness (QED) is 0.189. The van der Waals surface area contributed by atoms with Crippen LogP contribution in [0.1, 0.15) is 25.0 Å². The van der Waals surface area contributed by atoms with Gasteiger partial charge in [-0.2, -0.15) is 0 Å². The van der Waals surface area contributed by atoms with Gasteiger partial charge in [0, 0.05) is 53.2 Å². The predicted octanol–water partition coefficient (Wildman–Crippen LogP) is 11.8. The lowest BCUT2D eigenvalue weighted by molar-refractivity contribution is 0.660. The van der Waals surface area contributed by atoms with E-state index < -0.39 is 0 Å². The van der Waals surface area contributed by atoms with Gasteiger partial charge in [-0.05, 0) is 46.5 Å². The van der Waals surface area contributed by atoms with Crippen LogP contribution in [-0.4, -0.2) is 19.9 Å². The number of benzene rings is 6. The zero-order valence-corrected chi connectivity index (χ0v) is 28.4. The maximum atomic E-state index is 5.28. The van der Waals surface area contributed by atoms with Gasteiger partial charge < -0.3 is 0 Å². The van der Waals surface area contributed by atoms with Gasteiger partial charge in [0.2, 0.25) is 0 Å². The van der Waals surface area contributed by atoms with Crippen LogP contribution in [0.25, 0.3) is 87.6 Å². The van der Waals surface area contributed by atoms with E-state index in [2.05, 4.69) is 141 Å². The van der Waals surface area contributed by atoms with Crippen molar-refractivity contribution in [1.82, 2.24) is 19.9 Å². The normalized spacial score (nSPS) is 13.2. The number of thiophene rings is 1. The van der Waals surface area contributed by atoms with Gasteiger partial charge in [0.25, 0.3) is 0 Å². The van der Waals surface area contributed by atoms with Gasteiger partial charge in [0.1, 0.15) is 0 Å². The molecule has 0 aliphatic heterocycles. The highest BCUT2D eigenvalue weighted by molar-refractivity contribution is 7.26. The third-order valence-electron chi connectivity index (χ3n) is 10.1. The molecule has 236 valence electrons. The SMILES string of the molecule is CC1(C)c2ccccc2-c2ccc(-c3nc(-c4ccccc4)nc(-c4cccc(-c5nc6ccccc6c6sc7ccccc7c56)c4)n3)cc21. The summed E-state index contributed by atoms with van der Waals surface area (Å²) in [6.45, 7) is 4.60. The Balaban J connectivity index is 1.16. The van der Waals surface area contributed by atoms with Crippen LogP contribution in [0, 0.1) is 0 Å². The van der Waals surface area contributed by atoms with Crippen LogP contribution in [-0.2, 0) is 5.41 Å². The predicted molar refractivity (Wildman–Crippen MR) is 207 cm³/mol. The van der Waals surface area contributed by atoms with E-state index in [4.69, 9.17) is 19.9 Å². The molecule has 0 saturated heterocycles. The first kappa shape index (κ1) is 28.9. The Hall–Kier alpha value is -6.04. The molecule has 0 fully saturated rings. The molecular formula is C45H30N4S. The van der Waals surface area contributed by atoms with Crippen LogP contribution in [0.15, 0.2) is 146 Å². The fraction of sp³-hybridized carbons (Fsp3) is 0.0667. The third-order valence-corrected chi connectivity index (χ3v) is 11.3. The van der Waals surface area contributed by atoms with E-state index in [1.54, 1.807) is 0 Å². The molecule has 5 heteroatoms. The topological polar surface area (TPSA) is 51.6 Å². The van der Waals surface area contributed by atoms with Crippen molar-refractivity contribution in [3.05, 3.63) is 157 Å². The van der Waals surface area contributed by atoms with Gasteiger partial charge in [0.05, 0.1) is 11.2 Å². The second kappa shape index (κ2) is 11.0. The summed E-state index contributed by atoms with van der Waals surface area (Å²) in [7, 11) is 0. The molecule has 10 rings (SSSR count). The van der Waals surface area contributed by atoms with Crippen LogP contribution in [0.3, 0.4) is 0 Å². The maximum Gasteiger partial charge on any atom is 0.164 e. The minimum atomic E-state index is -0.127. The average molecular weight is 659 g/mol. The van der Waals surface area contributed by atoms with Gasteiger partial charge in [-0.1, -0.05) is 135 Å². The Labute approximate surface area is 293 Å². The summed E-state index contributed by atoms with van der Waals surface area (Å²) in [5, 5.41) is 3.59. The molecule has 0 atom stereocenters. The van der Waals surface area contributed by atoms with E-state index in [-0.39, 0.29) is 5.41 Å². The van der Waals surface area contributed by atoms with Crippen LogP contribution in [0.2, 0.25) is 0 Å². The molecule has 1 aliphatic carbocycles. The molecule has 0 unspecified atom stereocenters. The number of fused-ring (bicyclic) bond motifs is 8. The van der Waals surface area contributed by atoms with E-state index in [9.17, 15) is 0 Å². The van der Waals surface area contributed by atoms with Crippen molar-refractivity contribution in [3.8, 4) is 56.5 Å². The minimum Gasteiger partial charge on any atom is -0.247 e. The van der Waals surface area contributed by atoms with Gasteiger partial charge >= 0.3 is 0 Å². The largest absolute Gasteiger partial charge is 0.247 e. The summed E-state index contributed by atoms with van der Waals surface area (Å²) in [6.07, 6.45) is 0. The molecule has 0 N–H and O–H groups in total. The van der Waals surface area contributed by atoms with Gasteiger partial charge in [-0.3, -0.25) is 0 Å². The molecule has 50 heavy (non-hydrogen) atoms. The highest BCUT2D eigenvalue weighted by Crippen LogP contribution is 2.49. The number of hydrogen-bond donors (Lipinski definition) is 0. The third kappa shape index (κ3) is 4.44. The number of para-hydroxylation sites is 1. The van der Waals surface area contributed by atoms with E-state index in [1.165, 1.54) is 47.8 Å². The Bertz CT molecular complexity index is 2800. The molecular weight excluding hydrogens is 629 g/mol. The minimum absolute atomic E-state index is 0.127. The molecule has 6 aromatic carbocycles. The molecule has 0 radical (unpaired) electrons. The second-order valence-corrected chi connectivity index (χ2v) is 14.5. The number of pyridine rings is 1. The summed E-state index contributed by atoms with van der Waals surface area (Å²) in [5.74, 6) is 1.93. The molecule has 9 aromatic rings. The lowest BCUT2D eigenvalue weighted by atomic mass is 9.82. The second-order valence-electron chi connectivity index (χ2n) is 13.5. The van der Waals surface area contributed by atoms with Crippen LogP contribution >= 0.6 is 11.3 Å². The molecule has 4 nitrogen and oxygen atoms in total. The van der Waals surface area contributed by atoms with Gasteiger partial charge in [-0.25, -0.2) is 19.9 Å². The van der Waals surface area contributed by atoms with E-state index in [0.29, 0.717) is 17.5 Å². The zero-order chi connectivity index (χ0) is 33.4. The van der Waals surface area contributed by atoms with Crippen molar-refractivity contribution in [2.75, 3.05) is 0 Å². The summed E-state index contributed by atoms with van der Waals surface area (Å²) in [5.41, 5.74) is 10.9. The molecule has 0 amide bonds. The summed E-state index contributed by atoms with van der Waals surface area (Å²) in [4.78, 5) is 20.6. The lowest BCUT2D eigenvalue weighted by Gasteiger charge is -2.21. The van der Waals surface area contributed by atoms with Crippen molar-refractivity contribution < 1.29 is 0 Å². The Kier molecular flexibility index (Phi) is 6.36. The zero-order valence-electron chi connectivity index (χ0n) is 27.6. The van der Waals surface area contributed by atoms with Gasteiger partial charge in [-0.15, -0.1) is 11.3 Å². The van der Waals surface area contributed by atoms with Crippen molar-refractivity contribution in [1.29, 1.82) is 0 Å². The number of rotatable bonds is 4. The Morgan fingerprint density at radius 3 is 1.92 bits per heavy atom. The summed E-state index contributed by atoms with van der Waals surface area (Å²) < 4.78 is 2.51. The van der Waals surface area contributed by atoms with Crippen molar-refractivity contribution in [2.24, 2.45) is 0 Å². The van der Waals surface area contributed by atoms with E-state index >= 15 is 0 Å². The molecule has 3 heterocycles. The van der Waals surface area contributed by atoms with Crippen LogP contribution in [0.4, 0.5) is 0 Å². The maximum absolute atomic E-state index is 5.28. The number of aromatic nitrogens is 4.